The highest BCUT2D eigenvalue weighted by Gasteiger charge is 2.24. The maximum absolute atomic E-state index is 14.1. The molecule has 4 rings (SSSR count). The van der Waals surface area contributed by atoms with Gasteiger partial charge in [0.05, 0.1) is 0 Å². The highest BCUT2D eigenvalue weighted by Crippen LogP contribution is 2.37. The minimum Gasteiger partial charge on any atom is -0.384 e. The molecule has 2 aromatic heterocycles. The van der Waals surface area contributed by atoms with E-state index in [0.29, 0.717) is 29.7 Å². The summed E-state index contributed by atoms with van der Waals surface area (Å²) in [4.78, 5) is 47.2. The lowest BCUT2D eigenvalue weighted by atomic mass is 9.88. The second kappa shape index (κ2) is 14.5. The Morgan fingerprint density at radius 2 is 1.73 bits per heavy atom. The minimum absolute atomic E-state index is 0.0727. The van der Waals surface area contributed by atoms with Gasteiger partial charge in [-0.2, -0.15) is 0 Å². The first kappa shape index (κ1) is 32.0. The molecule has 0 fully saturated rings. The number of carbonyl (C=O) groups is 2. The molecule has 2 heterocycles. The zero-order valence-electron chi connectivity index (χ0n) is 25.8. The van der Waals surface area contributed by atoms with Crippen LogP contribution in [0.25, 0.3) is 22.2 Å². The van der Waals surface area contributed by atoms with Gasteiger partial charge < -0.3 is 20.7 Å². The molecule has 0 bridgehead atoms. The lowest BCUT2D eigenvalue weighted by Crippen LogP contribution is -2.40. The Hall–Kier alpha value is -4.94. The number of aliphatic hydroxyl groups is 1. The van der Waals surface area contributed by atoms with Gasteiger partial charge in [-0.05, 0) is 83.0 Å². The molecule has 3 amide bonds. The van der Waals surface area contributed by atoms with Crippen LogP contribution in [-0.2, 0) is 4.79 Å². The summed E-state index contributed by atoms with van der Waals surface area (Å²) in [6.07, 6.45) is 2.04. The molecule has 0 aliphatic heterocycles. The van der Waals surface area contributed by atoms with Crippen molar-refractivity contribution in [3.8, 4) is 23.0 Å². The van der Waals surface area contributed by atoms with E-state index in [1.165, 1.54) is 11.8 Å². The molecule has 4 N–H and O–H groups in total. The monoisotopic (exact) mass is 593 g/mol. The van der Waals surface area contributed by atoms with Gasteiger partial charge >= 0.3 is 6.03 Å². The topological polar surface area (TPSA) is 127 Å². The van der Waals surface area contributed by atoms with Gasteiger partial charge in [-0.3, -0.25) is 14.5 Å². The summed E-state index contributed by atoms with van der Waals surface area (Å²) in [6, 6.07) is 16.8. The average Bonchev–Trinajstić information content (AvgIpc) is 2.99. The van der Waals surface area contributed by atoms with Crippen molar-refractivity contribution in [2.75, 3.05) is 29.9 Å². The number of hydrogen-bond acceptors (Lipinski definition) is 5. The molecule has 0 radical (unpaired) electrons. The fourth-order valence-electron chi connectivity index (χ4n) is 5.06. The van der Waals surface area contributed by atoms with E-state index in [-0.39, 0.29) is 36.6 Å². The molecule has 44 heavy (non-hydrogen) atoms. The third-order valence-corrected chi connectivity index (χ3v) is 7.25. The van der Waals surface area contributed by atoms with Crippen LogP contribution >= 0.6 is 0 Å². The zero-order chi connectivity index (χ0) is 31.8. The van der Waals surface area contributed by atoms with Gasteiger partial charge in [0.15, 0.2) is 0 Å². The number of aromatic amines is 1. The highest BCUT2D eigenvalue weighted by molar-refractivity contribution is 6.03. The van der Waals surface area contributed by atoms with Crippen LogP contribution < -0.4 is 21.1 Å². The van der Waals surface area contributed by atoms with Crippen molar-refractivity contribution >= 4 is 34.3 Å². The van der Waals surface area contributed by atoms with E-state index in [2.05, 4.69) is 72.3 Å². The average molecular weight is 594 g/mol. The number of urea groups is 1. The lowest BCUT2D eigenvalue weighted by molar-refractivity contribution is -0.118. The summed E-state index contributed by atoms with van der Waals surface area (Å²) in [5.41, 5.74) is 5.61. The summed E-state index contributed by atoms with van der Waals surface area (Å²) in [5.74, 6) is 5.65. The number of carbonyl (C=O) groups excluding carboxylic acids is 2. The van der Waals surface area contributed by atoms with Crippen molar-refractivity contribution in [2.24, 2.45) is 0 Å². The molecule has 0 spiro atoms. The number of fused-ring (bicyclic) bond motifs is 1. The number of anilines is 2. The van der Waals surface area contributed by atoms with Crippen LogP contribution in [0.5, 0.6) is 0 Å². The van der Waals surface area contributed by atoms with Gasteiger partial charge in [0.1, 0.15) is 17.9 Å². The number of amides is 3. The van der Waals surface area contributed by atoms with Crippen molar-refractivity contribution in [1.29, 1.82) is 0 Å². The third-order valence-electron chi connectivity index (χ3n) is 7.25. The third kappa shape index (κ3) is 7.71. The molecule has 4 aromatic rings. The molecule has 2 aromatic carbocycles. The van der Waals surface area contributed by atoms with Crippen molar-refractivity contribution in [3.63, 3.8) is 0 Å². The van der Waals surface area contributed by atoms with Crippen molar-refractivity contribution in [2.45, 2.75) is 52.9 Å². The van der Waals surface area contributed by atoms with Gasteiger partial charge in [0, 0.05) is 42.8 Å². The molecule has 0 saturated heterocycles. The van der Waals surface area contributed by atoms with Crippen LogP contribution in [0, 0.1) is 11.8 Å². The first-order valence-corrected chi connectivity index (χ1v) is 14.8. The molecule has 0 saturated carbocycles. The number of pyridine rings is 2. The summed E-state index contributed by atoms with van der Waals surface area (Å²) in [6.45, 7) is 10.1. The minimum atomic E-state index is -0.445. The number of aliphatic hydroxyl groups excluding tert-OH is 1. The molecule has 9 heteroatoms. The molecule has 0 unspecified atom stereocenters. The maximum atomic E-state index is 14.1. The smallest absolute Gasteiger partial charge is 0.326 e. The van der Waals surface area contributed by atoms with Crippen LogP contribution in [0.2, 0.25) is 0 Å². The van der Waals surface area contributed by atoms with E-state index in [1.807, 2.05) is 30.3 Å². The second-order valence-electron chi connectivity index (χ2n) is 11.2. The molecule has 0 aliphatic rings. The predicted molar refractivity (Wildman–Crippen MR) is 176 cm³/mol. The number of rotatable bonds is 9. The van der Waals surface area contributed by atoms with Gasteiger partial charge in [-0.15, -0.1) is 0 Å². The van der Waals surface area contributed by atoms with Gasteiger partial charge in [-0.25, -0.2) is 9.78 Å². The van der Waals surface area contributed by atoms with Gasteiger partial charge in [0.25, 0.3) is 5.56 Å². The number of H-pyrrole nitrogens is 1. The number of nitrogens with zero attached hydrogens (tertiary/aromatic N) is 2. The van der Waals surface area contributed by atoms with Gasteiger partial charge in [0.2, 0.25) is 5.91 Å². The summed E-state index contributed by atoms with van der Waals surface area (Å²) in [5, 5.41) is 15.7. The van der Waals surface area contributed by atoms with Crippen molar-refractivity contribution in [1.82, 2.24) is 15.3 Å². The van der Waals surface area contributed by atoms with Crippen LogP contribution in [0.4, 0.5) is 16.2 Å². The van der Waals surface area contributed by atoms with Crippen molar-refractivity contribution < 1.29 is 14.7 Å². The van der Waals surface area contributed by atoms with Crippen molar-refractivity contribution in [3.05, 3.63) is 87.8 Å². The van der Waals surface area contributed by atoms with E-state index in [4.69, 9.17) is 5.11 Å². The van der Waals surface area contributed by atoms with Crippen LogP contribution in [0.15, 0.2) is 65.6 Å². The Labute approximate surface area is 257 Å². The van der Waals surface area contributed by atoms with Crippen LogP contribution in [0.1, 0.15) is 69.6 Å². The quantitative estimate of drug-likeness (QED) is 0.145. The van der Waals surface area contributed by atoms with E-state index >= 15 is 0 Å². The Morgan fingerprint density at radius 3 is 2.39 bits per heavy atom. The number of aromatic nitrogens is 2. The first-order chi connectivity index (χ1) is 21.1. The van der Waals surface area contributed by atoms with E-state index in [1.54, 1.807) is 18.3 Å². The highest BCUT2D eigenvalue weighted by atomic mass is 16.2. The summed E-state index contributed by atoms with van der Waals surface area (Å²) in [7, 11) is 0. The van der Waals surface area contributed by atoms with E-state index in [9.17, 15) is 14.4 Å². The van der Waals surface area contributed by atoms with Gasteiger partial charge in [-0.1, -0.05) is 51.7 Å². The second-order valence-corrected chi connectivity index (χ2v) is 11.2. The summed E-state index contributed by atoms with van der Waals surface area (Å²) < 4.78 is 0. The predicted octanol–water partition coefficient (Wildman–Crippen LogP) is 5.75. The summed E-state index contributed by atoms with van der Waals surface area (Å²) >= 11 is 0. The van der Waals surface area contributed by atoms with Crippen LogP contribution in [0.3, 0.4) is 0 Å². The molecular formula is C35H39N5O4. The van der Waals surface area contributed by atoms with E-state index < -0.39 is 11.6 Å². The number of nitrogens with one attached hydrogen (secondary N) is 3. The Bertz CT molecular complexity index is 1750. The molecule has 9 nitrogen and oxygen atoms in total. The molecular weight excluding hydrogens is 554 g/mol. The lowest BCUT2D eigenvalue weighted by Gasteiger charge is -2.27. The fraction of sp³-hybridized carbons (Fsp3) is 0.314. The standard InChI is InChI=1S/C35H39N5O4/c1-22(2)29-19-28(26-12-6-10-25(18-26)11-8-17-41)20-30(23(3)4)32(29)38-35(44)40(16-9-15-36-24(5)42)31-21-27-13-7-14-37-33(27)39-34(31)43/h6-7,10,12-14,18-23,41H,9,15-17H2,1-5H3,(H,36,42)(H,38,44)(H,37,39,43). The number of hydrogen-bond donors (Lipinski definition) is 4. The zero-order valence-corrected chi connectivity index (χ0v) is 25.8. The Balaban J connectivity index is 1.77. The normalized spacial score (nSPS) is 10.9. The molecule has 0 atom stereocenters. The molecule has 0 aliphatic carbocycles. The van der Waals surface area contributed by atoms with Crippen LogP contribution in [-0.4, -0.2) is 46.7 Å². The Morgan fingerprint density at radius 1 is 1.00 bits per heavy atom. The Kier molecular flexibility index (Phi) is 10.5. The molecule has 228 valence electrons. The first-order valence-electron chi connectivity index (χ1n) is 14.8. The van der Waals surface area contributed by atoms with E-state index in [0.717, 1.165) is 27.8 Å². The SMILES string of the molecule is CC(=O)NCCCN(C(=O)Nc1c(C(C)C)cc(-c2cccc(C#CCO)c2)cc1C(C)C)c1cc2cccnc2[nH]c1=O. The largest absolute Gasteiger partial charge is 0.384 e. The fourth-order valence-corrected chi connectivity index (χ4v) is 5.06. The number of benzene rings is 2. The maximum Gasteiger partial charge on any atom is 0.326 e.